The van der Waals surface area contributed by atoms with Crippen LogP contribution in [-0.2, 0) is 16.1 Å². The van der Waals surface area contributed by atoms with E-state index >= 15 is 0 Å². The fraction of sp³-hybridized carbons (Fsp3) is 0.176. The van der Waals surface area contributed by atoms with Crippen molar-refractivity contribution in [2.45, 2.75) is 19.6 Å². The molecule has 0 radical (unpaired) electrons. The van der Waals surface area contributed by atoms with E-state index in [2.05, 4.69) is 5.32 Å². The summed E-state index contributed by atoms with van der Waals surface area (Å²) in [6.45, 7) is 1.66. The molecule has 0 saturated heterocycles. The summed E-state index contributed by atoms with van der Waals surface area (Å²) in [6.07, 6.45) is -0.884. The molecule has 0 aromatic heterocycles. The van der Waals surface area contributed by atoms with E-state index in [0.717, 1.165) is 11.6 Å². The zero-order valence-electron chi connectivity index (χ0n) is 12.5. The van der Waals surface area contributed by atoms with Crippen molar-refractivity contribution in [1.29, 1.82) is 0 Å². The predicted molar refractivity (Wildman–Crippen MR) is 81.3 cm³/mol. The van der Waals surface area contributed by atoms with Crippen molar-refractivity contribution in [1.82, 2.24) is 5.32 Å². The fourth-order valence-electron chi connectivity index (χ4n) is 2.08. The van der Waals surface area contributed by atoms with Crippen LogP contribution in [0.15, 0.2) is 48.5 Å². The number of hydrogen-bond acceptors (Lipinski definition) is 3. The molecule has 5 nitrogen and oxygen atoms in total. The molecule has 120 valence electrons. The highest BCUT2D eigenvalue weighted by Gasteiger charge is 2.24. The molecule has 23 heavy (non-hydrogen) atoms. The van der Waals surface area contributed by atoms with Crippen molar-refractivity contribution in [3.63, 3.8) is 0 Å². The molecular weight excluding hydrogens is 301 g/mol. The zero-order valence-corrected chi connectivity index (χ0v) is 12.5. The van der Waals surface area contributed by atoms with Gasteiger partial charge < -0.3 is 15.2 Å². The summed E-state index contributed by atoms with van der Waals surface area (Å²) in [5, 5.41) is 11.5. The largest absolute Gasteiger partial charge is 0.479 e. The summed E-state index contributed by atoms with van der Waals surface area (Å²) in [5.41, 5.74) is 1.51. The number of carbonyl (C=O) groups excluding carboxylic acids is 1. The Kier molecular flexibility index (Phi) is 5.30. The summed E-state index contributed by atoms with van der Waals surface area (Å²) >= 11 is 0. The first kappa shape index (κ1) is 16.5. The van der Waals surface area contributed by atoms with Crippen molar-refractivity contribution in [2.24, 2.45) is 0 Å². The Balaban J connectivity index is 2.06. The predicted octanol–water partition coefficient (Wildman–Crippen LogP) is 3.19. The van der Waals surface area contributed by atoms with Crippen molar-refractivity contribution in [3.8, 4) is 0 Å². The van der Waals surface area contributed by atoms with E-state index in [1.54, 1.807) is 31.2 Å². The van der Waals surface area contributed by atoms with Crippen LogP contribution in [0.3, 0.4) is 0 Å². The number of ether oxygens (including phenoxy) is 1. The number of nitrogens with one attached hydrogen (secondary N) is 1. The Hall–Kier alpha value is -2.89. The Bertz CT molecular complexity index is 703. The first-order valence-corrected chi connectivity index (χ1v) is 6.93. The molecule has 1 unspecified atom stereocenters. The molecule has 0 aliphatic rings. The molecular formula is C17H16FNO4. The highest BCUT2D eigenvalue weighted by molar-refractivity contribution is 5.81. The molecule has 0 spiro atoms. The van der Waals surface area contributed by atoms with Crippen LogP contribution < -0.4 is 5.32 Å². The van der Waals surface area contributed by atoms with E-state index < -0.39 is 23.9 Å². The summed E-state index contributed by atoms with van der Waals surface area (Å²) < 4.78 is 18.3. The van der Waals surface area contributed by atoms with E-state index in [1.807, 2.05) is 6.07 Å². The van der Waals surface area contributed by atoms with Crippen LogP contribution in [0.1, 0.15) is 22.7 Å². The summed E-state index contributed by atoms with van der Waals surface area (Å²) in [4.78, 5) is 23.2. The number of aryl methyl sites for hydroxylation is 1. The topological polar surface area (TPSA) is 75.6 Å². The lowest BCUT2D eigenvalue weighted by atomic mass is 10.0. The van der Waals surface area contributed by atoms with Crippen molar-refractivity contribution in [3.05, 3.63) is 71.0 Å². The number of hydrogen-bond donors (Lipinski definition) is 2. The molecule has 1 atom stereocenters. The lowest BCUT2D eigenvalue weighted by Crippen LogP contribution is -2.34. The van der Waals surface area contributed by atoms with Gasteiger partial charge in [0, 0.05) is 0 Å². The molecule has 0 saturated carbocycles. The maximum atomic E-state index is 13.3. The molecule has 1 amide bonds. The summed E-state index contributed by atoms with van der Waals surface area (Å²) in [7, 11) is 0. The molecule has 2 rings (SSSR count). The first-order chi connectivity index (χ1) is 11.0. The number of carboxylic acids is 1. The van der Waals surface area contributed by atoms with Gasteiger partial charge in [0.25, 0.3) is 0 Å². The molecule has 0 aliphatic heterocycles. The van der Waals surface area contributed by atoms with Gasteiger partial charge >= 0.3 is 12.1 Å². The maximum absolute atomic E-state index is 13.3. The number of carboxylic acid groups (broad SMARTS) is 1. The van der Waals surface area contributed by atoms with Gasteiger partial charge in [-0.05, 0) is 35.7 Å². The summed E-state index contributed by atoms with van der Waals surface area (Å²) in [5.74, 6) is -1.87. The molecule has 6 heteroatoms. The zero-order chi connectivity index (χ0) is 16.8. The van der Waals surface area contributed by atoms with Crippen LogP contribution in [0.4, 0.5) is 9.18 Å². The fourth-order valence-corrected chi connectivity index (χ4v) is 2.08. The number of aliphatic carboxylic acids is 1. The molecule has 0 fully saturated rings. The molecule has 0 heterocycles. The Labute approximate surface area is 132 Å². The second-order valence-corrected chi connectivity index (χ2v) is 4.98. The molecule has 2 N–H and O–H groups in total. The van der Waals surface area contributed by atoms with Gasteiger partial charge in [0.15, 0.2) is 6.04 Å². The molecule has 0 aliphatic carbocycles. The van der Waals surface area contributed by atoms with Crippen LogP contribution in [0, 0.1) is 12.7 Å². The van der Waals surface area contributed by atoms with E-state index in [9.17, 15) is 19.1 Å². The van der Waals surface area contributed by atoms with Crippen LogP contribution in [0.25, 0.3) is 0 Å². The van der Waals surface area contributed by atoms with Gasteiger partial charge in [-0.3, -0.25) is 0 Å². The van der Waals surface area contributed by atoms with Gasteiger partial charge in [-0.25, -0.2) is 14.0 Å². The number of amides is 1. The third kappa shape index (κ3) is 4.54. The van der Waals surface area contributed by atoms with Gasteiger partial charge in [0.05, 0.1) is 0 Å². The van der Waals surface area contributed by atoms with E-state index in [0.29, 0.717) is 5.56 Å². The first-order valence-electron chi connectivity index (χ1n) is 6.93. The third-order valence-corrected chi connectivity index (χ3v) is 3.27. The van der Waals surface area contributed by atoms with Crippen LogP contribution >= 0.6 is 0 Å². The highest BCUT2D eigenvalue weighted by atomic mass is 19.1. The van der Waals surface area contributed by atoms with Crippen LogP contribution in [-0.4, -0.2) is 17.2 Å². The number of halogens is 1. The quantitative estimate of drug-likeness (QED) is 0.888. The second kappa shape index (κ2) is 7.40. The van der Waals surface area contributed by atoms with Crippen LogP contribution in [0.5, 0.6) is 0 Å². The Morgan fingerprint density at radius 2 is 1.91 bits per heavy atom. The maximum Gasteiger partial charge on any atom is 0.408 e. The smallest absolute Gasteiger partial charge is 0.408 e. The average molecular weight is 317 g/mol. The normalized spacial score (nSPS) is 11.6. The average Bonchev–Trinajstić information content (AvgIpc) is 2.54. The van der Waals surface area contributed by atoms with Gasteiger partial charge in [0.1, 0.15) is 12.4 Å². The highest BCUT2D eigenvalue weighted by Crippen LogP contribution is 2.19. The SMILES string of the molecule is Cc1ccc(F)cc1C(NC(=O)OCc1ccccc1)C(=O)O. The van der Waals surface area contributed by atoms with E-state index in [1.165, 1.54) is 12.1 Å². The Morgan fingerprint density at radius 1 is 1.22 bits per heavy atom. The molecule has 2 aromatic carbocycles. The van der Waals surface area contributed by atoms with Crippen molar-refractivity contribution in [2.75, 3.05) is 0 Å². The standard InChI is InChI=1S/C17H16FNO4/c1-11-7-8-13(18)9-14(11)15(16(20)21)19-17(22)23-10-12-5-3-2-4-6-12/h2-9,15H,10H2,1H3,(H,19,22)(H,20,21). The van der Waals surface area contributed by atoms with Gasteiger partial charge in [-0.1, -0.05) is 36.4 Å². The minimum atomic E-state index is -1.38. The van der Waals surface area contributed by atoms with Crippen molar-refractivity contribution < 1.29 is 23.8 Å². The number of alkyl carbamates (subject to hydrolysis) is 1. The monoisotopic (exact) mass is 317 g/mol. The lowest BCUT2D eigenvalue weighted by Gasteiger charge is -2.17. The molecule has 0 bridgehead atoms. The Morgan fingerprint density at radius 3 is 2.57 bits per heavy atom. The number of benzene rings is 2. The van der Waals surface area contributed by atoms with Gasteiger partial charge in [0.2, 0.25) is 0 Å². The van der Waals surface area contributed by atoms with Gasteiger partial charge in [-0.15, -0.1) is 0 Å². The van der Waals surface area contributed by atoms with E-state index in [-0.39, 0.29) is 12.2 Å². The number of carbonyl (C=O) groups is 2. The van der Waals surface area contributed by atoms with E-state index in [4.69, 9.17) is 4.74 Å². The minimum Gasteiger partial charge on any atom is -0.479 e. The lowest BCUT2D eigenvalue weighted by molar-refractivity contribution is -0.139. The van der Waals surface area contributed by atoms with Crippen LogP contribution in [0.2, 0.25) is 0 Å². The molecule has 2 aromatic rings. The summed E-state index contributed by atoms with van der Waals surface area (Å²) in [6, 6.07) is 11.4. The second-order valence-electron chi connectivity index (χ2n) is 4.98. The minimum absolute atomic E-state index is 0.0150. The number of rotatable bonds is 5. The van der Waals surface area contributed by atoms with Crippen molar-refractivity contribution >= 4 is 12.1 Å². The third-order valence-electron chi connectivity index (χ3n) is 3.27. The van der Waals surface area contributed by atoms with Gasteiger partial charge in [-0.2, -0.15) is 0 Å².